The molecule has 0 radical (unpaired) electrons. The Morgan fingerprint density at radius 2 is 2.08 bits per heavy atom. The van der Waals surface area contributed by atoms with Crippen LogP contribution in [-0.2, 0) is 0 Å². The zero-order valence-corrected chi connectivity index (χ0v) is 8.77. The summed E-state index contributed by atoms with van der Waals surface area (Å²) in [7, 11) is 0. The molecule has 0 spiro atoms. The van der Waals surface area contributed by atoms with Gasteiger partial charge in [0.1, 0.15) is 0 Å². The Morgan fingerprint density at radius 1 is 1.42 bits per heavy atom. The van der Waals surface area contributed by atoms with Gasteiger partial charge in [0, 0.05) is 6.04 Å². The van der Waals surface area contributed by atoms with Crippen LogP contribution in [0.5, 0.6) is 0 Å². The third kappa shape index (κ3) is 2.48. The Kier molecular flexibility index (Phi) is 3.16. The third-order valence-electron chi connectivity index (χ3n) is 3.23. The maximum Gasteiger partial charge on any atom is 0.00675 e. The van der Waals surface area contributed by atoms with Gasteiger partial charge in [-0.1, -0.05) is 27.2 Å². The Bertz CT molecular complexity index is 140. The molecular weight excluding hydrogens is 146 g/mol. The molecule has 2 N–H and O–H groups in total. The van der Waals surface area contributed by atoms with Crippen LogP contribution in [-0.4, -0.2) is 6.04 Å². The largest absolute Gasteiger partial charge is 0.327 e. The molecule has 0 saturated heterocycles. The van der Waals surface area contributed by atoms with E-state index in [-0.39, 0.29) is 0 Å². The van der Waals surface area contributed by atoms with Gasteiger partial charge in [0.25, 0.3) is 0 Å². The summed E-state index contributed by atoms with van der Waals surface area (Å²) in [6.07, 6.45) is 6.49. The number of rotatable bonds is 2. The molecule has 1 saturated carbocycles. The third-order valence-corrected chi connectivity index (χ3v) is 3.23. The maximum atomic E-state index is 6.09. The van der Waals surface area contributed by atoms with Crippen molar-refractivity contribution < 1.29 is 0 Å². The standard InChI is InChI=1S/C11H23N/c1-4-5-9-8-11(2,3)7-6-10(9)12/h9-10H,4-8,12H2,1-3H3. The number of nitrogens with two attached hydrogens (primary N) is 1. The van der Waals surface area contributed by atoms with Gasteiger partial charge < -0.3 is 5.73 Å². The first kappa shape index (κ1) is 10.0. The molecule has 1 aliphatic carbocycles. The normalized spacial score (nSPS) is 35.0. The van der Waals surface area contributed by atoms with Crippen molar-refractivity contribution in [3.63, 3.8) is 0 Å². The van der Waals surface area contributed by atoms with Crippen LogP contribution < -0.4 is 5.73 Å². The molecule has 0 amide bonds. The fourth-order valence-electron chi connectivity index (χ4n) is 2.44. The molecule has 1 aliphatic rings. The van der Waals surface area contributed by atoms with Crippen molar-refractivity contribution in [2.75, 3.05) is 0 Å². The molecule has 0 aliphatic heterocycles. The van der Waals surface area contributed by atoms with E-state index < -0.39 is 0 Å². The summed E-state index contributed by atoms with van der Waals surface area (Å²) in [6.45, 7) is 7.01. The molecule has 12 heavy (non-hydrogen) atoms. The van der Waals surface area contributed by atoms with Gasteiger partial charge in [-0.25, -0.2) is 0 Å². The van der Waals surface area contributed by atoms with Gasteiger partial charge in [0.15, 0.2) is 0 Å². The molecule has 0 aromatic rings. The molecule has 1 rings (SSSR count). The van der Waals surface area contributed by atoms with Gasteiger partial charge in [-0.2, -0.15) is 0 Å². The average molecular weight is 169 g/mol. The molecular formula is C11H23N. The molecule has 2 unspecified atom stereocenters. The molecule has 1 fully saturated rings. The average Bonchev–Trinajstić information content (AvgIpc) is 1.97. The van der Waals surface area contributed by atoms with Gasteiger partial charge >= 0.3 is 0 Å². The van der Waals surface area contributed by atoms with Crippen LogP contribution in [0.1, 0.15) is 52.9 Å². The lowest BCUT2D eigenvalue weighted by molar-refractivity contribution is 0.150. The molecule has 0 heterocycles. The van der Waals surface area contributed by atoms with Crippen molar-refractivity contribution in [2.45, 2.75) is 58.9 Å². The van der Waals surface area contributed by atoms with Crippen LogP contribution >= 0.6 is 0 Å². The highest BCUT2D eigenvalue weighted by Gasteiger charge is 2.31. The zero-order chi connectivity index (χ0) is 9.19. The Hall–Kier alpha value is -0.0400. The Balaban J connectivity index is 2.47. The molecule has 1 heteroatoms. The van der Waals surface area contributed by atoms with Crippen molar-refractivity contribution >= 4 is 0 Å². The van der Waals surface area contributed by atoms with Crippen LogP contribution in [0.25, 0.3) is 0 Å². The second-order valence-corrected chi connectivity index (χ2v) is 5.12. The topological polar surface area (TPSA) is 26.0 Å². The fraction of sp³-hybridized carbons (Fsp3) is 1.00. The minimum Gasteiger partial charge on any atom is -0.327 e. The molecule has 0 aromatic carbocycles. The highest BCUT2D eigenvalue weighted by atomic mass is 14.7. The first-order valence-corrected chi connectivity index (χ1v) is 5.31. The predicted octanol–water partition coefficient (Wildman–Crippen LogP) is 2.94. The highest BCUT2D eigenvalue weighted by Crippen LogP contribution is 2.39. The number of hydrogen-bond donors (Lipinski definition) is 1. The second kappa shape index (κ2) is 3.78. The number of hydrogen-bond acceptors (Lipinski definition) is 1. The van der Waals surface area contributed by atoms with E-state index in [1.165, 1.54) is 32.1 Å². The smallest absolute Gasteiger partial charge is 0.00675 e. The van der Waals surface area contributed by atoms with Crippen molar-refractivity contribution in [1.29, 1.82) is 0 Å². The first-order chi connectivity index (χ1) is 5.55. The summed E-state index contributed by atoms with van der Waals surface area (Å²) in [5, 5.41) is 0. The van der Waals surface area contributed by atoms with E-state index >= 15 is 0 Å². The van der Waals surface area contributed by atoms with Crippen molar-refractivity contribution in [3.05, 3.63) is 0 Å². The Morgan fingerprint density at radius 3 is 2.67 bits per heavy atom. The lowest BCUT2D eigenvalue weighted by Crippen LogP contribution is -2.39. The van der Waals surface area contributed by atoms with Crippen molar-refractivity contribution in [3.8, 4) is 0 Å². The highest BCUT2D eigenvalue weighted by molar-refractivity contribution is 4.86. The van der Waals surface area contributed by atoms with Crippen LogP contribution in [0.4, 0.5) is 0 Å². The van der Waals surface area contributed by atoms with Gasteiger partial charge in [0.2, 0.25) is 0 Å². The summed E-state index contributed by atoms with van der Waals surface area (Å²) < 4.78 is 0. The zero-order valence-electron chi connectivity index (χ0n) is 8.77. The molecule has 2 atom stereocenters. The molecule has 1 nitrogen and oxygen atoms in total. The SMILES string of the molecule is CCCC1CC(C)(C)CCC1N. The van der Waals surface area contributed by atoms with Gasteiger partial charge in [-0.15, -0.1) is 0 Å². The summed E-state index contributed by atoms with van der Waals surface area (Å²) in [4.78, 5) is 0. The molecule has 0 bridgehead atoms. The van der Waals surface area contributed by atoms with Crippen LogP contribution in [0.15, 0.2) is 0 Å². The van der Waals surface area contributed by atoms with E-state index in [0.29, 0.717) is 11.5 Å². The fourth-order valence-corrected chi connectivity index (χ4v) is 2.44. The van der Waals surface area contributed by atoms with Gasteiger partial charge in [-0.05, 0) is 37.0 Å². The van der Waals surface area contributed by atoms with Gasteiger partial charge in [0.05, 0.1) is 0 Å². The van der Waals surface area contributed by atoms with Crippen molar-refractivity contribution in [1.82, 2.24) is 0 Å². The van der Waals surface area contributed by atoms with Crippen LogP contribution in [0.3, 0.4) is 0 Å². The molecule has 72 valence electrons. The van der Waals surface area contributed by atoms with Crippen LogP contribution in [0.2, 0.25) is 0 Å². The van der Waals surface area contributed by atoms with E-state index in [1.54, 1.807) is 0 Å². The van der Waals surface area contributed by atoms with Crippen molar-refractivity contribution in [2.24, 2.45) is 17.1 Å². The van der Waals surface area contributed by atoms with E-state index in [4.69, 9.17) is 5.73 Å². The molecule has 0 aromatic heterocycles. The van der Waals surface area contributed by atoms with E-state index in [1.807, 2.05) is 0 Å². The van der Waals surface area contributed by atoms with Crippen LogP contribution in [0, 0.1) is 11.3 Å². The van der Waals surface area contributed by atoms with E-state index in [2.05, 4.69) is 20.8 Å². The van der Waals surface area contributed by atoms with E-state index in [9.17, 15) is 0 Å². The van der Waals surface area contributed by atoms with Gasteiger partial charge in [-0.3, -0.25) is 0 Å². The summed E-state index contributed by atoms with van der Waals surface area (Å²) in [5.74, 6) is 0.791. The minimum atomic E-state index is 0.484. The second-order valence-electron chi connectivity index (χ2n) is 5.12. The summed E-state index contributed by atoms with van der Waals surface area (Å²) in [6, 6.07) is 0.484. The lowest BCUT2D eigenvalue weighted by atomic mass is 9.69. The van der Waals surface area contributed by atoms with E-state index in [0.717, 1.165) is 5.92 Å². The monoisotopic (exact) mass is 169 g/mol. The summed E-state index contributed by atoms with van der Waals surface area (Å²) in [5.41, 5.74) is 6.64. The predicted molar refractivity (Wildman–Crippen MR) is 54.0 cm³/mol. The quantitative estimate of drug-likeness (QED) is 0.675. The first-order valence-electron chi connectivity index (χ1n) is 5.31. The lowest BCUT2D eigenvalue weighted by Gasteiger charge is -2.39. The summed E-state index contributed by atoms with van der Waals surface area (Å²) >= 11 is 0. The Labute approximate surface area is 76.7 Å². The minimum absolute atomic E-state index is 0.484. The maximum absolute atomic E-state index is 6.09.